The molecule has 5 heteroatoms. The number of benzene rings is 1. The molecule has 0 aliphatic carbocycles. The van der Waals surface area contributed by atoms with Gasteiger partial charge in [-0.3, -0.25) is 4.79 Å². The maximum atomic E-state index is 12.0. The Balaban J connectivity index is 1.62. The first-order valence-electron chi connectivity index (χ1n) is 7.09. The van der Waals surface area contributed by atoms with Crippen LogP contribution in [0, 0.1) is 0 Å². The van der Waals surface area contributed by atoms with Crippen LogP contribution in [0.2, 0.25) is 0 Å². The van der Waals surface area contributed by atoms with Gasteiger partial charge in [0.1, 0.15) is 6.17 Å². The zero-order chi connectivity index (χ0) is 14.6. The Morgan fingerprint density at radius 2 is 1.95 bits per heavy atom. The lowest BCUT2D eigenvalue weighted by Crippen LogP contribution is -2.27. The molecule has 108 valence electrons. The summed E-state index contributed by atoms with van der Waals surface area (Å²) in [5.41, 5.74) is 3.68. The molecule has 0 saturated carbocycles. The molecule has 2 aliphatic rings. The van der Waals surface area contributed by atoms with Gasteiger partial charge in [0.05, 0.1) is 16.8 Å². The van der Waals surface area contributed by atoms with Crippen LogP contribution in [0.4, 0.5) is 17.1 Å². The third kappa shape index (κ3) is 1.92. The minimum atomic E-state index is -0.460. The van der Waals surface area contributed by atoms with Crippen LogP contribution in [0.3, 0.4) is 0 Å². The number of rotatable bonds is 2. The first kappa shape index (κ1) is 12.7. The fourth-order valence-corrected chi connectivity index (χ4v) is 3.76. The Labute approximate surface area is 127 Å². The third-order valence-electron chi connectivity index (χ3n) is 4.29. The summed E-state index contributed by atoms with van der Waals surface area (Å²) in [6.07, 6.45) is 1.16. The number of thiophene rings is 1. The molecule has 0 fully saturated rings. The van der Waals surface area contributed by atoms with Crippen molar-refractivity contribution in [2.24, 2.45) is 0 Å². The molecule has 2 aromatic rings. The van der Waals surface area contributed by atoms with Crippen molar-refractivity contribution in [3.8, 4) is 0 Å². The monoisotopic (exact) mass is 299 g/mol. The van der Waals surface area contributed by atoms with E-state index in [1.54, 1.807) is 11.3 Å². The van der Waals surface area contributed by atoms with Gasteiger partial charge >= 0.3 is 0 Å². The van der Waals surface area contributed by atoms with Crippen LogP contribution in [-0.4, -0.2) is 12.1 Å². The van der Waals surface area contributed by atoms with E-state index in [1.807, 2.05) is 19.9 Å². The normalized spacial score (nSPS) is 21.2. The molecular formula is C16H17N3OS. The fraction of sp³-hybridized carbons (Fsp3) is 0.312. The van der Waals surface area contributed by atoms with Crippen LogP contribution in [-0.2, 0) is 16.6 Å². The van der Waals surface area contributed by atoms with E-state index in [0.717, 1.165) is 29.0 Å². The standard InChI is InChI=1S/C16H17N3OS/c1-16(2)10-7-12-13(8-11(10)19-15(16)20)18-14(17-12)6-9-4-3-5-21-9/h3-5,7-8,14,17-18H,6H2,1-2H3,(H,19,20). The van der Waals surface area contributed by atoms with E-state index in [-0.39, 0.29) is 12.1 Å². The Kier molecular flexibility index (Phi) is 2.57. The summed E-state index contributed by atoms with van der Waals surface area (Å²) in [4.78, 5) is 13.4. The van der Waals surface area contributed by atoms with Crippen LogP contribution in [0.1, 0.15) is 24.3 Å². The van der Waals surface area contributed by atoms with Gasteiger partial charge in [0.2, 0.25) is 5.91 Å². The average molecular weight is 299 g/mol. The first-order chi connectivity index (χ1) is 10.0. The number of anilines is 3. The van der Waals surface area contributed by atoms with Crippen LogP contribution < -0.4 is 16.0 Å². The second kappa shape index (κ2) is 4.24. The third-order valence-corrected chi connectivity index (χ3v) is 5.19. The van der Waals surface area contributed by atoms with Crippen molar-refractivity contribution in [2.45, 2.75) is 31.8 Å². The number of fused-ring (bicyclic) bond motifs is 2. The zero-order valence-electron chi connectivity index (χ0n) is 12.0. The van der Waals surface area contributed by atoms with E-state index in [9.17, 15) is 4.79 Å². The molecule has 2 aliphatic heterocycles. The van der Waals surface area contributed by atoms with Gasteiger partial charge in [0.25, 0.3) is 0 Å². The molecule has 21 heavy (non-hydrogen) atoms. The lowest BCUT2D eigenvalue weighted by molar-refractivity contribution is -0.119. The van der Waals surface area contributed by atoms with Crippen LogP contribution in [0.5, 0.6) is 0 Å². The van der Waals surface area contributed by atoms with Gasteiger partial charge < -0.3 is 16.0 Å². The maximum Gasteiger partial charge on any atom is 0.234 e. The molecule has 1 atom stereocenters. The second-order valence-corrected chi connectivity index (χ2v) is 7.18. The molecule has 0 radical (unpaired) electrons. The van der Waals surface area contributed by atoms with Crippen LogP contribution in [0.25, 0.3) is 0 Å². The lowest BCUT2D eigenvalue weighted by Gasteiger charge is -2.15. The SMILES string of the molecule is CC1(C)C(=O)Nc2cc3c(cc21)NC(Cc1cccs1)N3. The van der Waals surface area contributed by atoms with Crippen molar-refractivity contribution in [2.75, 3.05) is 16.0 Å². The Morgan fingerprint density at radius 1 is 1.19 bits per heavy atom. The van der Waals surface area contributed by atoms with Gasteiger partial charge in [-0.15, -0.1) is 11.3 Å². The number of hydrogen-bond acceptors (Lipinski definition) is 4. The summed E-state index contributed by atoms with van der Waals surface area (Å²) in [5.74, 6) is 0.0660. The minimum Gasteiger partial charge on any atom is -0.363 e. The van der Waals surface area contributed by atoms with Crippen molar-refractivity contribution in [3.05, 3.63) is 40.1 Å². The molecule has 4 rings (SSSR count). The number of nitrogens with one attached hydrogen (secondary N) is 3. The molecule has 0 saturated heterocycles. The molecule has 3 N–H and O–H groups in total. The van der Waals surface area contributed by atoms with E-state index < -0.39 is 5.41 Å². The van der Waals surface area contributed by atoms with Crippen molar-refractivity contribution in [1.29, 1.82) is 0 Å². The summed E-state index contributed by atoms with van der Waals surface area (Å²) in [5, 5.41) is 12.1. The Bertz CT molecular complexity index is 721. The second-order valence-electron chi connectivity index (χ2n) is 6.15. The van der Waals surface area contributed by atoms with E-state index in [1.165, 1.54) is 4.88 Å². The zero-order valence-corrected chi connectivity index (χ0v) is 12.8. The van der Waals surface area contributed by atoms with E-state index in [2.05, 4.69) is 39.5 Å². The van der Waals surface area contributed by atoms with Gasteiger partial charge in [-0.05, 0) is 43.0 Å². The quantitative estimate of drug-likeness (QED) is 0.797. The summed E-state index contributed by atoms with van der Waals surface area (Å²) < 4.78 is 0. The summed E-state index contributed by atoms with van der Waals surface area (Å²) in [6.45, 7) is 3.93. The maximum absolute atomic E-state index is 12.0. The first-order valence-corrected chi connectivity index (χ1v) is 7.97. The molecule has 1 amide bonds. The minimum absolute atomic E-state index is 0.0660. The fourth-order valence-electron chi connectivity index (χ4n) is 3.00. The smallest absolute Gasteiger partial charge is 0.234 e. The largest absolute Gasteiger partial charge is 0.363 e. The van der Waals surface area contributed by atoms with E-state index >= 15 is 0 Å². The van der Waals surface area contributed by atoms with Crippen molar-refractivity contribution in [3.63, 3.8) is 0 Å². The average Bonchev–Trinajstić information content (AvgIpc) is 3.10. The molecule has 1 unspecified atom stereocenters. The number of carbonyl (C=O) groups is 1. The highest BCUT2D eigenvalue weighted by Crippen LogP contribution is 2.44. The van der Waals surface area contributed by atoms with Gasteiger partial charge in [-0.2, -0.15) is 0 Å². The highest BCUT2D eigenvalue weighted by molar-refractivity contribution is 7.09. The van der Waals surface area contributed by atoms with Crippen molar-refractivity contribution in [1.82, 2.24) is 0 Å². The van der Waals surface area contributed by atoms with Gasteiger partial charge in [0, 0.05) is 17.0 Å². The van der Waals surface area contributed by atoms with Crippen LogP contribution >= 0.6 is 11.3 Å². The van der Waals surface area contributed by atoms with Gasteiger partial charge in [-0.1, -0.05) is 6.07 Å². The molecule has 1 aromatic heterocycles. The predicted molar refractivity (Wildman–Crippen MR) is 87.2 cm³/mol. The highest BCUT2D eigenvalue weighted by Gasteiger charge is 2.39. The van der Waals surface area contributed by atoms with Gasteiger partial charge in [-0.25, -0.2) is 0 Å². The van der Waals surface area contributed by atoms with Crippen molar-refractivity contribution >= 4 is 34.3 Å². The molecule has 4 nitrogen and oxygen atoms in total. The highest BCUT2D eigenvalue weighted by atomic mass is 32.1. The number of carbonyl (C=O) groups excluding carboxylic acids is 1. The summed E-state index contributed by atoms with van der Waals surface area (Å²) in [7, 11) is 0. The number of hydrogen-bond donors (Lipinski definition) is 3. The summed E-state index contributed by atoms with van der Waals surface area (Å²) >= 11 is 1.77. The Morgan fingerprint density at radius 3 is 2.67 bits per heavy atom. The van der Waals surface area contributed by atoms with E-state index in [0.29, 0.717) is 0 Å². The van der Waals surface area contributed by atoms with E-state index in [4.69, 9.17) is 0 Å². The molecule has 0 bridgehead atoms. The lowest BCUT2D eigenvalue weighted by atomic mass is 9.86. The van der Waals surface area contributed by atoms with Crippen LogP contribution in [0.15, 0.2) is 29.6 Å². The van der Waals surface area contributed by atoms with Crippen molar-refractivity contribution < 1.29 is 4.79 Å². The summed E-state index contributed by atoms with van der Waals surface area (Å²) in [6, 6.07) is 8.37. The number of amides is 1. The Hall–Kier alpha value is -2.01. The topological polar surface area (TPSA) is 53.2 Å². The predicted octanol–water partition coefficient (Wildman–Crippen LogP) is 3.38. The molecule has 3 heterocycles. The molecule has 0 spiro atoms. The molecule has 1 aromatic carbocycles. The van der Waals surface area contributed by atoms with Gasteiger partial charge in [0.15, 0.2) is 0 Å². The molecular weight excluding hydrogens is 282 g/mol.